The molecule has 7 heteroatoms. The van der Waals surface area contributed by atoms with Crippen LogP contribution in [0.15, 0.2) is 24.4 Å². The van der Waals surface area contributed by atoms with Crippen molar-refractivity contribution in [2.24, 2.45) is 0 Å². The Labute approximate surface area is 142 Å². The zero-order chi connectivity index (χ0) is 13.4. The first kappa shape index (κ1) is 17.2. The lowest BCUT2D eigenvalue weighted by molar-refractivity contribution is 0.239. The van der Waals surface area contributed by atoms with Gasteiger partial charge >= 0.3 is 0 Å². The van der Waals surface area contributed by atoms with E-state index in [2.05, 4.69) is 32.0 Å². The van der Waals surface area contributed by atoms with Crippen molar-refractivity contribution < 1.29 is 0 Å². The number of fused-ring (bicyclic) bond motifs is 2. The molecule has 0 amide bonds. The fraction of sp³-hybridized carbons (Fsp3) is 0.467. The minimum atomic E-state index is 0. The molecule has 0 aliphatic carbocycles. The molecule has 0 atom stereocenters. The standard InChI is InChI=1S/C15H19N5.2ClH/c1-2-12-10-19(6-3-15(12)17-4-1)11-13-8-14-9-16-5-7-20(14)18-13;;/h1-2,4,8,16H,3,5-7,9-11H2;2*1H. The van der Waals surface area contributed by atoms with E-state index in [1.165, 1.54) is 22.6 Å². The molecule has 4 rings (SSSR count). The fourth-order valence-electron chi connectivity index (χ4n) is 3.12. The van der Waals surface area contributed by atoms with Crippen LogP contribution < -0.4 is 5.32 Å². The molecule has 0 bridgehead atoms. The van der Waals surface area contributed by atoms with Crippen LogP contribution in [0.25, 0.3) is 0 Å². The number of pyridine rings is 1. The van der Waals surface area contributed by atoms with Gasteiger partial charge in [-0.15, -0.1) is 24.8 Å². The van der Waals surface area contributed by atoms with Crippen molar-refractivity contribution in [1.82, 2.24) is 25.0 Å². The molecule has 0 radical (unpaired) electrons. The summed E-state index contributed by atoms with van der Waals surface area (Å²) in [7, 11) is 0. The summed E-state index contributed by atoms with van der Waals surface area (Å²) in [6.07, 6.45) is 2.94. The molecule has 2 aliphatic heterocycles. The van der Waals surface area contributed by atoms with Crippen LogP contribution in [0, 0.1) is 0 Å². The Morgan fingerprint density at radius 3 is 3.00 bits per heavy atom. The highest BCUT2D eigenvalue weighted by Crippen LogP contribution is 2.18. The smallest absolute Gasteiger partial charge is 0.0768 e. The molecule has 0 spiro atoms. The third-order valence-electron chi connectivity index (χ3n) is 4.15. The molecule has 0 saturated carbocycles. The normalized spacial score (nSPS) is 16.9. The Morgan fingerprint density at radius 2 is 2.14 bits per heavy atom. The number of nitrogens with one attached hydrogen (secondary N) is 1. The van der Waals surface area contributed by atoms with E-state index >= 15 is 0 Å². The molecule has 5 nitrogen and oxygen atoms in total. The second kappa shape index (κ2) is 7.42. The van der Waals surface area contributed by atoms with Crippen molar-refractivity contribution >= 4 is 24.8 Å². The Balaban J connectivity index is 0.000000882. The van der Waals surface area contributed by atoms with Gasteiger partial charge in [-0.25, -0.2) is 0 Å². The van der Waals surface area contributed by atoms with Gasteiger partial charge in [-0.3, -0.25) is 14.6 Å². The summed E-state index contributed by atoms with van der Waals surface area (Å²) in [6, 6.07) is 6.46. The van der Waals surface area contributed by atoms with E-state index in [-0.39, 0.29) is 24.8 Å². The van der Waals surface area contributed by atoms with Gasteiger partial charge in [-0.05, 0) is 17.7 Å². The summed E-state index contributed by atoms with van der Waals surface area (Å²) in [5.74, 6) is 0. The highest BCUT2D eigenvalue weighted by atomic mass is 35.5. The molecule has 0 unspecified atom stereocenters. The van der Waals surface area contributed by atoms with Gasteiger partial charge in [0.1, 0.15) is 0 Å². The Hall–Kier alpha value is -1.14. The molecular formula is C15H21Cl2N5. The summed E-state index contributed by atoms with van der Waals surface area (Å²) in [5, 5.41) is 8.11. The second-order valence-corrected chi connectivity index (χ2v) is 5.60. The van der Waals surface area contributed by atoms with Crippen molar-refractivity contribution in [3.05, 3.63) is 47.0 Å². The van der Waals surface area contributed by atoms with Gasteiger partial charge in [0.05, 0.1) is 17.9 Å². The number of rotatable bonds is 2. The molecule has 2 aromatic heterocycles. The topological polar surface area (TPSA) is 46.0 Å². The van der Waals surface area contributed by atoms with E-state index in [9.17, 15) is 0 Å². The predicted molar refractivity (Wildman–Crippen MR) is 90.5 cm³/mol. The largest absolute Gasteiger partial charge is 0.309 e. The van der Waals surface area contributed by atoms with E-state index in [4.69, 9.17) is 5.10 Å². The quantitative estimate of drug-likeness (QED) is 0.904. The molecule has 0 fully saturated rings. The number of nitrogens with zero attached hydrogens (tertiary/aromatic N) is 4. The van der Waals surface area contributed by atoms with Crippen molar-refractivity contribution in [3.63, 3.8) is 0 Å². The second-order valence-electron chi connectivity index (χ2n) is 5.60. The average Bonchev–Trinajstić information content (AvgIpc) is 2.89. The average molecular weight is 342 g/mol. The molecule has 0 saturated heterocycles. The number of halogens is 2. The Bertz CT molecular complexity index is 605. The van der Waals surface area contributed by atoms with E-state index in [0.717, 1.165) is 45.7 Å². The zero-order valence-corrected chi connectivity index (χ0v) is 14.0. The highest BCUT2D eigenvalue weighted by molar-refractivity contribution is 5.85. The molecule has 2 aliphatic rings. The van der Waals surface area contributed by atoms with Gasteiger partial charge in [0, 0.05) is 51.0 Å². The monoisotopic (exact) mass is 341 g/mol. The minimum absolute atomic E-state index is 0. The minimum Gasteiger partial charge on any atom is -0.309 e. The van der Waals surface area contributed by atoms with Gasteiger partial charge in [-0.1, -0.05) is 6.07 Å². The van der Waals surface area contributed by atoms with Gasteiger partial charge in [0.15, 0.2) is 0 Å². The SMILES string of the molecule is Cl.Cl.c1cnc2c(c1)CN(Cc1cc3n(n1)CCNC3)CC2. The number of aromatic nitrogens is 3. The van der Waals surface area contributed by atoms with Crippen LogP contribution in [0.5, 0.6) is 0 Å². The van der Waals surface area contributed by atoms with Crippen LogP contribution >= 0.6 is 24.8 Å². The first-order chi connectivity index (χ1) is 9.88. The molecule has 4 heterocycles. The molecule has 120 valence electrons. The first-order valence-electron chi connectivity index (χ1n) is 7.30. The summed E-state index contributed by atoms with van der Waals surface area (Å²) in [6.45, 7) is 5.96. The summed E-state index contributed by atoms with van der Waals surface area (Å²) in [4.78, 5) is 6.92. The van der Waals surface area contributed by atoms with Crippen molar-refractivity contribution in [2.45, 2.75) is 32.6 Å². The van der Waals surface area contributed by atoms with Gasteiger partial charge in [0.25, 0.3) is 0 Å². The van der Waals surface area contributed by atoms with Crippen molar-refractivity contribution in [3.8, 4) is 0 Å². The maximum atomic E-state index is 4.72. The lowest BCUT2D eigenvalue weighted by Gasteiger charge is -2.27. The van der Waals surface area contributed by atoms with Crippen LogP contribution in [0.2, 0.25) is 0 Å². The highest BCUT2D eigenvalue weighted by Gasteiger charge is 2.19. The zero-order valence-electron chi connectivity index (χ0n) is 12.4. The predicted octanol–water partition coefficient (Wildman–Crippen LogP) is 1.78. The maximum absolute atomic E-state index is 4.72. The van der Waals surface area contributed by atoms with Crippen LogP contribution in [-0.4, -0.2) is 32.8 Å². The number of hydrogen-bond donors (Lipinski definition) is 1. The van der Waals surface area contributed by atoms with E-state index < -0.39 is 0 Å². The van der Waals surface area contributed by atoms with Crippen LogP contribution in [0.4, 0.5) is 0 Å². The molecule has 0 aromatic carbocycles. The van der Waals surface area contributed by atoms with Crippen LogP contribution in [0.1, 0.15) is 22.6 Å². The van der Waals surface area contributed by atoms with Gasteiger partial charge in [0.2, 0.25) is 0 Å². The van der Waals surface area contributed by atoms with Crippen molar-refractivity contribution in [1.29, 1.82) is 0 Å². The lowest BCUT2D eigenvalue weighted by atomic mass is 10.1. The fourth-order valence-corrected chi connectivity index (χ4v) is 3.12. The molecule has 2 aromatic rings. The lowest BCUT2D eigenvalue weighted by Crippen LogP contribution is -2.30. The molecule has 22 heavy (non-hydrogen) atoms. The summed E-state index contributed by atoms with van der Waals surface area (Å²) < 4.78 is 2.14. The third kappa shape index (κ3) is 3.43. The number of hydrogen-bond acceptors (Lipinski definition) is 4. The van der Waals surface area contributed by atoms with E-state index in [0.29, 0.717) is 0 Å². The van der Waals surface area contributed by atoms with Gasteiger partial charge in [-0.2, -0.15) is 5.10 Å². The summed E-state index contributed by atoms with van der Waals surface area (Å²) >= 11 is 0. The first-order valence-corrected chi connectivity index (χ1v) is 7.30. The molecular weight excluding hydrogens is 321 g/mol. The van der Waals surface area contributed by atoms with Crippen LogP contribution in [0.3, 0.4) is 0 Å². The third-order valence-corrected chi connectivity index (χ3v) is 4.15. The van der Waals surface area contributed by atoms with Gasteiger partial charge < -0.3 is 5.32 Å². The van der Waals surface area contributed by atoms with Crippen molar-refractivity contribution in [2.75, 3.05) is 13.1 Å². The van der Waals surface area contributed by atoms with E-state index in [1.807, 2.05) is 12.3 Å². The summed E-state index contributed by atoms with van der Waals surface area (Å²) in [5.41, 5.74) is 5.13. The van der Waals surface area contributed by atoms with E-state index in [1.54, 1.807) is 0 Å². The Morgan fingerprint density at radius 1 is 1.23 bits per heavy atom. The van der Waals surface area contributed by atoms with Crippen LogP contribution in [-0.2, 0) is 32.6 Å². The molecule has 1 N–H and O–H groups in total. The maximum Gasteiger partial charge on any atom is 0.0768 e. The Kier molecular flexibility index (Phi) is 5.81.